The average molecular weight is 264 g/mol. The second kappa shape index (κ2) is 3.48. The van der Waals surface area contributed by atoms with Gasteiger partial charge in [-0.15, -0.1) is 0 Å². The minimum atomic E-state index is -2.20. The van der Waals surface area contributed by atoms with Gasteiger partial charge in [-0.1, -0.05) is 19.2 Å². The Labute approximate surface area is 104 Å². The molecule has 0 radical (unpaired) electrons. The Hall–Kier alpha value is -1.55. The average Bonchev–Trinajstić information content (AvgIpc) is 2.49. The molecule has 2 aromatic carbocycles. The number of halogens is 3. The summed E-state index contributed by atoms with van der Waals surface area (Å²) in [6, 6.07) is 6.65. The van der Waals surface area contributed by atoms with Crippen molar-refractivity contribution < 1.29 is 13.2 Å². The smallest absolute Gasteiger partial charge is 0.133 e. The lowest BCUT2D eigenvalue weighted by molar-refractivity contribution is 0.587. The molecule has 1 aliphatic rings. The van der Waals surface area contributed by atoms with Crippen LogP contribution in [0, 0.1) is 17.5 Å². The fourth-order valence-electron chi connectivity index (χ4n) is 2.74. The summed E-state index contributed by atoms with van der Waals surface area (Å²) < 4.78 is 40.7. The second-order valence-corrected chi connectivity index (χ2v) is 9.45. The molecule has 0 spiro atoms. The van der Waals surface area contributed by atoms with E-state index in [2.05, 4.69) is 0 Å². The van der Waals surface area contributed by atoms with Crippen LogP contribution >= 0.6 is 0 Å². The van der Waals surface area contributed by atoms with Crippen LogP contribution in [0.1, 0.15) is 0 Å². The number of rotatable bonds is 0. The van der Waals surface area contributed by atoms with Crippen molar-refractivity contribution in [1.82, 2.24) is 0 Å². The summed E-state index contributed by atoms with van der Waals surface area (Å²) in [6.45, 7) is 3.96. The molecule has 0 fully saturated rings. The largest absolute Gasteiger partial charge is 0.207 e. The molecule has 0 bridgehead atoms. The van der Waals surface area contributed by atoms with Crippen LogP contribution in [-0.2, 0) is 0 Å². The van der Waals surface area contributed by atoms with E-state index in [0.29, 0.717) is 16.3 Å². The molecule has 0 saturated carbocycles. The first-order valence-electron chi connectivity index (χ1n) is 5.71. The van der Waals surface area contributed by atoms with E-state index in [1.807, 2.05) is 13.1 Å². The van der Waals surface area contributed by atoms with Gasteiger partial charge in [0.1, 0.15) is 25.5 Å². The van der Waals surface area contributed by atoms with E-state index < -0.39 is 19.7 Å². The monoisotopic (exact) mass is 264 g/mol. The quantitative estimate of drug-likeness (QED) is 0.642. The first-order chi connectivity index (χ1) is 8.41. The van der Waals surface area contributed by atoms with Gasteiger partial charge in [0.15, 0.2) is 0 Å². The van der Waals surface area contributed by atoms with Crippen LogP contribution < -0.4 is 10.4 Å². The lowest BCUT2D eigenvalue weighted by atomic mass is 10.1. The van der Waals surface area contributed by atoms with E-state index in [4.69, 9.17) is 0 Å². The summed E-state index contributed by atoms with van der Waals surface area (Å²) in [5.74, 6) is -1.46. The lowest BCUT2D eigenvalue weighted by Gasteiger charge is -2.18. The van der Waals surface area contributed by atoms with Gasteiger partial charge in [0.2, 0.25) is 0 Å². The molecule has 18 heavy (non-hydrogen) atoms. The van der Waals surface area contributed by atoms with E-state index in [0.717, 1.165) is 11.3 Å². The van der Waals surface area contributed by atoms with E-state index in [1.54, 1.807) is 6.07 Å². The molecule has 0 unspecified atom stereocenters. The Morgan fingerprint density at radius 1 is 0.833 bits per heavy atom. The Bertz CT molecular complexity index is 662. The predicted octanol–water partition coefficient (Wildman–Crippen LogP) is 2.91. The molecule has 4 heteroatoms. The SMILES string of the molecule is C[Si]1(C)c2cc(F)ccc2-c2c(F)cc(F)cc21. The molecule has 0 atom stereocenters. The molecule has 2 aromatic rings. The molecule has 0 aromatic heterocycles. The summed E-state index contributed by atoms with van der Waals surface area (Å²) >= 11 is 0. The fraction of sp³-hybridized carbons (Fsp3) is 0.143. The van der Waals surface area contributed by atoms with E-state index in [9.17, 15) is 13.2 Å². The van der Waals surface area contributed by atoms with Gasteiger partial charge in [0.25, 0.3) is 0 Å². The molecule has 3 rings (SSSR count). The van der Waals surface area contributed by atoms with Crippen molar-refractivity contribution in [3.8, 4) is 11.1 Å². The van der Waals surface area contributed by atoms with Gasteiger partial charge in [-0.25, -0.2) is 13.2 Å². The molecular weight excluding hydrogens is 253 g/mol. The zero-order chi connectivity index (χ0) is 13.1. The maximum atomic E-state index is 14.0. The van der Waals surface area contributed by atoms with Gasteiger partial charge in [-0.05, 0) is 34.1 Å². The first kappa shape index (κ1) is 11.5. The highest BCUT2D eigenvalue weighted by atomic mass is 28.3. The van der Waals surface area contributed by atoms with Crippen molar-refractivity contribution in [2.45, 2.75) is 13.1 Å². The molecule has 0 N–H and O–H groups in total. The molecular formula is C14H11F3Si. The van der Waals surface area contributed by atoms with E-state index in [-0.39, 0.29) is 5.82 Å². The summed E-state index contributed by atoms with van der Waals surface area (Å²) in [4.78, 5) is 0. The van der Waals surface area contributed by atoms with Crippen LogP contribution in [0.25, 0.3) is 11.1 Å². The Balaban J connectivity index is 2.42. The number of fused-ring (bicyclic) bond motifs is 3. The number of hydrogen-bond donors (Lipinski definition) is 0. The highest BCUT2D eigenvalue weighted by Crippen LogP contribution is 2.31. The number of benzene rings is 2. The fourth-order valence-corrected chi connectivity index (χ4v) is 5.79. The Morgan fingerprint density at radius 3 is 2.22 bits per heavy atom. The Morgan fingerprint density at radius 2 is 1.50 bits per heavy atom. The van der Waals surface area contributed by atoms with Crippen molar-refractivity contribution in [3.63, 3.8) is 0 Å². The van der Waals surface area contributed by atoms with Crippen LogP contribution in [0.3, 0.4) is 0 Å². The molecule has 0 amide bonds. The maximum absolute atomic E-state index is 14.0. The molecule has 0 saturated heterocycles. The minimum absolute atomic E-state index is 0.331. The van der Waals surface area contributed by atoms with Gasteiger partial charge in [0, 0.05) is 11.6 Å². The van der Waals surface area contributed by atoms with Crippen LogP contribution in [0.5, 0.6) is 0 Å². The third kappa shape index (κ3) is 1.38. The normalized spacial score (nSPS) is 15.4. The van der Waals surface area contributed by atoms with E-state index >= 15 is 0 Å². The van der Waals surface area contributed by atoms with Gasteiger partial charge in [-0.2, -0.15) is 0 Å². The number of hydrogen-bond acceptors (Lipinski definition) is 0. The van der Waals surface area contributed by atoms with Crippen molar-refractivity contribution in [2.75, 3.05) is 0 Å². The van der Waals surface area contributed by atoms with Gasteiger partial charge in [0.05, 0.1) is 0 Å². The predicted molar refractivity (Wildman–Crippen MR) is 68.5 cm³/mol. The zero-order valence-corrected chi connectivity index (χ0v) is 11.0. The lowest BCUT2D eigenvalue weighted by Crippen LogP contribution is -2.49. The third-order valence-corrected chi connectivity index (χ3v) is 7.15. The minimum Gasteiger partial charge on any atom is -0.207 e. The van der Waals surface area contributed by atoms with Crippen LogP contribution in [0.15, 0.2) is 30.3 Å². The summed E-state index contributed by atoms with van der Waals surface area (Å²) in [5, 5.41) is 1.54. The van der Waals surface area contributed by atoms with Crippen molar-refractivity contribution in [3.05, 3.63) is 47.8 Å². The van der Waals surface area contributed by atoms with Crippen molar-refractivity contribution in [2.24, 2.45) is 0 Å². The third-order valence-electron chi connectivity index (χ3n) is 3.65. The summed E-state index contributed by atoms with van der Waals surface area (Å²) in [5.41, 5.74) is 1.16. The molecule has 92 valence electrons. The second-order valence-electron chi connectivity index (χ2n) is 5.13. The Kier molecular flexibility index (Phi) is 2.23. The van der Waals surface area contributed by atoms with Gasteiger partial charge < -0.3 is 0 Å². The van der Waals surface area contributed by atoms with Gasteiger partial charge >= 0.3 is 0 Å². The summed E-state index contributed by atoms with van der Waals surface area (Å²) in [6.07, 6.45) is 0. The van der Waals surface area contributed by atoms with Crippen molar-refractivity contribution >= 4 is 18.4 Å². The first-order valence-corrected chi connectivity index (χ1v) is 8.71. The zero-order valence-electron chi connectivity index (χ0n) is 10.0. The maximum Gasteiger partial charge on any atom is 0.133 e. The highest BCUT2D eigenvalue weighted by Gasteiger charge is 2.39. The van der Waals surface area contributed by atoms with Crippen molar-refractivity contribution in [1.29, 1.82) is 0 Å². The standard InChI is InChI=1S/C14H11F3Si/c1-18(2)12-6-8(15)3-4-10(12)14-11(17)5-9(16)7-13(14)18/h3-7H,1-2H3. The topological polar surface area (TPSA) is 0 Å². The van der Waals surface area contributed by atoms with Crippen LogP contribution in [0.4, 0.5) is 13.2 Å². The van der Waals surface area contributed by atoms with Crippen LogP contribution in [-0.4, -0.2) is 8.07 Å². The van der Waals surface area contributed by atoms with Crippen LogP contribution in [0.2, 0.25) is 13.1 Å². The molecule has 0 aliphatic carbocycles. The molecule has 0 nitrogen and oxygen atoms in total. The summed E-state index contributed by atoms with van der Waals surface area (Å²) in [7, 11) is -2.20. The molecule has 1 aliphatic heterocycles. The van der Waals surface area contributed by atoms with Gasteiger partial charge in [-0.3, -0.25) is 0 Å². The van der Waals surface area contributed by atoms with E-state index in [1.165, 1.54) is 18.2 Å². The molecule has 1 heterocycles. The highest BCUT2D eigenvalue weighted by molar-refractivity contribution is 7.03.